The van der Waals surface area contributed by atoms with Gasteiger partial charge >= 0.3 is 12.0 Å². The number of hydrogen-bond donors (Lipinski definition) is 3. The molecule has 0 aromatic rings. The number of carboxylic acids is 1. The van der Waals surface area contributed by atoms with Crippen molar-refractivity contribution in [3.05, 3.63) is 0 Å². The maximum atomic E-state index is 11.1. The van der Waals surface area contributed by atoms with E-state index in [4.69, 9.17) is 10.2 Å². The van der Waals surface area contributed by atoms with E-state index < -0.39 is 23.8 Å². The van der Waals surface area contributed by atoms with Gasteiger partial charge < -0.3 is 15.1 Å². The molecule has 1 aliphatic heterocycles. The number of carboxylic acid groups (broad SMARTS) is 1. The van der Waals surface area contributed by atoms with Crippen molar-refractivity contribution in [1.82, 2.24) is 10.2 Å². The third-order valence-electron chi connectivity index (χ3n) is 1.90. The molecule has 0 spiro atoms. The van der Waals surface area contributed by atoms with E-state index in [0.717, 1.165) is 4.90 Å². The summed E-state index contributed by atoms with van der Waals surface area (Å²) in [6, 6.07) is -0.665. The number of carbonyl (C=O) groups is 3. The number of amides is 3. The number of rotatable bonds is 3. The molecule has 0 bridgehead atoms. The molecule has 0 aliphatic carbocycles. The molecule has 7 heteroatoms. The van der Waals surface area contributed by atoms with Gasteiger partial charge in [0.1, 0.15) is 0 Å². The van der Waals surface area contributed by atoms with E-state index in [-0.39, 0.29) is 19.7 Å². The number of carbonyl (C=O) groups excluding carboxylic acids is 2. The zero-order valence-corrected chi connectivity index (χ0v) is 7.27. The van der Waals surface area contributed by atoms with Gasteiger partial charge in [0.15, 0.2) is 5.92 Å². The molecule has 0 radical (unpaired) electrons. The summed E-state index contributed by atoms with van der Waals surface area (Å²) in [4.78, 5) is 33.7. The Morgan fingerprint density at radius 2 is 2.21 bits per heavy atom. The predicted octanol–water partition coefficient (Wildman–Crippen LogP) is -1.77. The number of aliphatic hydroxyl groups is 1. The Bertz CT molecular complexity index is 277. The number of nitrogens with one attached hydrogen (secondary N) is 1. The zero-order chi connectivity index (χ0) is 10.7. The molecular formula is C7H10N2O5. The average molecular weight is 202 g/mol. The van der Waals surface area contributed by atoms with Crippen LogP contribution in [0.25, 0.3) is 0 Å². The first-order valence-electron chi connectivity index (χ1n) is 3.99. The van der Waals surface area contributed by atoms with Crippen molar-refractivity contribution in [2.45, 2.75) is 0 Å². The van der Waals surface area contributed by atoms with Gasteiger partial charge in [-0.05, 0) is 0 Å². The van der Waals surface area contributed by atoms with Crippen LogP contribution >= 0.6 is 0 Å². The highest BCUT2D eigenvalue weighted by atomic mass is 16.4. The third-order valence-corrected chi connectivity index (χ3v) is 1.90. The molecule has 0 aromatic carbocycles. The SMILES string of the molecule is O=C(O)C1CN(CCO)C(=O)NC1=O. The van der Waals surface area contributed by atoms with Gasteiger partial charge in [-0.15, -0.1) is 0 Å². The quantitative estimate of drug-likeness (QED) is 0.469. The molecule has 1 rings (SSSR count). The highest BCUT2D eigenvalue weighted by Crippen LogP contribution is 2.07. The normalized spacial score (nSPS) is 22.1. The van der Waals surface area contributed by atoms with Crippen LogP contribution in [0.5, 0.6) is 0 Å². The van der Waals surface area contributed by atoms with Gasteiger partial charge in [-0.1, -0.05) is 0 Å². The van der Waals surface area contributed by atoms with Crippen LogP contribution in [0.4, 0.5) is 4.79 Å². The second-order valence-corrected chi connectivity index (χ2v) is 2.85. The molecule has 3 amide bonds. The van der Waals surface area contributed by atoms with E-state index in [1.165, 1.54) is 0 Å². The van der Waals surface area contributed by atoms with E-state index in [2.05, 4.69) is 0 Å². The topological polar surface area (TPSA) is 107 Å². The molecule has 1 fully saturated rings. The standard InChI is InChI=1S/C7H10N2O5/c10-2-1-9-3-4(6(12)13)5(11)8-7(9)14/h4,10H,1-3H2,(H,12,13)(H,8,11,14). The van der Waals surface area contributed by atoms with Gasteiger partial charge in [-0.3, -0.25) is 14.9 Å². The first-order chi connectivity index (χ1) is 6.56. The number of urea groups is 1. The summed E-state index contributed by atoms with van der Waals surface area (Å²) < 4.78 is 0. The summed E-state index contributed by atoms with van der Waals surface area (Å²) >= 11 is 0. The second-order valence-electron chi connectivity index (χ2n) is 2.85. The smallest absolute Gasteiger partial charge is 0.324 e. The van der Waals surface area contributed by atoms with Crippen molar-refractivity contribution in [3.63, 3.8) is 0 Å². The van der Waals surface area contributed by atoms with Crippen LogP contribution in [-0.4, -0.2) is 52.7 Å². The molecule has 1 atom stereocenters. The van der Waals surface area contributed by atoms with Crippen molar-refractivity contribution in [2.24, 2.45) is 5.92 Å². The summed E-state index contributed by atoms with van der Waals surface area (Å²) in [5.41, 5.74) is 0. The summed E-state index contributed by atoms with van der Waals surface area (Å²) in [6.07, 6.45) is 0. The summed E-state index contributed by atoms with van der Waals surface area (Å²) in [7, 11) is 0. The van der Waals surface area contributed by atoms with Gasteiger partial charge in [0, 0.05) is 13.1 Å². The molecule has 1 saturated heterocycles. The molecule has 1 unspecified atom stereocenters. The second kappa shape index (κ2) is 4.05. The fourth-order valence-corrected chi connectivity index (χ4v) is 1.16. The van der Waals surface area contributed by atoms with Crippen molar-refractivity contribution in [3.8, 4) is 0 Å². The van der Waals surface area contributed by atoms with Crippen molar-refractivity contribution in [1.29, 1.82) is 0 Å². The Morgan fingerprint density at radius 3 is 2.71 bits per heavy atom. The highest BCUT2D eigenvalue weighted by Gasteiger charge is 2.36. The lowest BCUT2D eigenvalue weighted by molar-refractivity contribution is -0.148. The number of aliphatic hydroxyl groups excluding tert-OH is 1. The average Bonchev–Trinajstić information content (AvgIpc) is 2.09. The van der Waals surface area contributed by atoms with Crippen LogP contribution < -0.4 is 5.32 Å². The van der Waals surface area contributed by atoms with Crippen LogP contribution in [0.1, 0.15) is 0 Å². The largest absolute Gasteiger partial charge is 0.481 e. The van der Waals surface area contributed by atoms with Crippen molar-refractivity contribution in [2.75, 3.05) is 19.7 Å². The minimum Gasteiger partial charge on any atom is -0.481 e. The Labute approximate surface area is 79.3 Å². The lowest BCUT2D eigenvalue weighted by atomic mass is 10.1. The van der Waals surface area contributed by atoms with Gasteiger partial charge in [-0.2, -0.15) is 0 Å². The van der Waals surface area contributed by atoms with E-state index in [0.29, 0.717) is 0 Å². The third kappa shape index (κ3) is 1.99. The number of nitrogens with zero attached hydrogens (tertiary/aromatic N) is 1. The van der Waals surface area contributed by atoms with Crippen LogP contribution in [-0.2, 0) is 9.59 Å². The Morgan fingerprint density at radius 1 is 1.57 bits per heavy atom. The van der Waals surface area contributed by atoms with Crippen molar-refractivity contribution >= 4 is 17.9 Å². The summed E-state index contributed by atoms with van der Waals surface area (Å²) in [5.74, 6) is -3.34. The molecule has 7 nitrogen and oxygen atoms in total. The van der Waals surface area contributed by atoms with E-state index in [1.807, 2.05) is 5.32 Å². The molecule has 1 heterocycles. The predicted molar refractivity (Wildman–Crippen MR) is 43.3 cm³/mol. The maximum Gasteiger partial charge on any atom is 0.324 e. The minimum absolute atomic E-state index is 0.0168. The Hall–Kier alpha value is -1.63. The lowest BCUT2D eigenvalue weighted by Crippen LogP contribution is -2.57. The lowest BCUT2D eigenvalue weighted by Gasteiger charge is -2.29. The molecule has 3 N–H and O–H groups in total. The molecular weight excluding hydrogens is 192 g/mol. The number of aliphatic carboxylic acids is 1. The summed E-state index contributed by atoms with van der Waals surface area (Å²) in [6.45, 7) is -0.447. The first-order valence-corrected chi connectivity index (χ1v) is 3.99. The Kier molecular flexibility index (Phi) is 3.03. The van der Waals surface area contributed by atoms with Gasteiger partial charge in [0.25, 0.3) is 0 Å². The molecule has 14 heavy (non-hydrogen) atoms. The highest BCUT2D eigenvalue weighted by molar-refractivity contribution is 6.06. The molecule has 0 saturated carbocycles. The van der Waals surface area contributed by atoms with E-state index >= 15 is 0 Å². The van der Waals surface area contributed by atoms with Gasteiger partial charge in [0.05, 0.1) is 6.61 Å². The molecule has 78 valence electrons. The Balaban J connectivity index is 2.70. The fourth-order valence-electron chi connectivity index (χ4n) is 1.16. The van der Waals surface area contributed by atoms with Crippen LogP contribution in [0.15, 0.2) is 0 Å². The van der Waals surface area contributed by atoms with E-state index in [9.17, 15) is 14.4 Å². The zero-order valence-electron chi connectivity index (χ0n) is 7.27. The van der Waals surface area contributed by atoms with E-state index in [1.54, 1.807) is 0 Å². The number of hydrogen-bond acceptors (Lipinski definition) is 4. The van der Waals surface area contributed by atoms with Crippen LogP contribution in [0.3, 0.4) is 0 Å². The molecule has 0 aromatic heterocycles. The number of β-amino-alcohol motifs (C(OH)–C–C–N with tert-alkyl or cyclic N) is 1. The van der Waals surface area contributed by atoms with Gasteiger partial charge in [0.2, 0.25) is 5.91 Å². The van der Waals surface area contributed by atoms with Crippen LogP contribution in [0.2, 0.25) is 0 Å². The van der Waals surface area contributed by atoms with Crippen molar-refractivity contribution < 1.29 is 24.6 Å². The van der Waals surface area contributed by atoms with Gasteiger partial charge in [-0.25, -0.2) is 4.79 Å². The first kappa shape index (κ1) is 10.5. The maximum absolute atomic E-state index is 11.1. The monoisotopic (exact) mass is 202 g/mol. The fraction of sp³-hybridized carbons (Fsp3) is 0.571. The number of imide groups is 1. The molecule has 1 aliphatic rings. The minimum atomic E-state index is -1.28. The van der Waals surface area contributed by atoms with Crippen LogP contribution in [0, 0.1) is 5.92 Å². The summed E-state index contributed by atoms with van der Waals surface area (Å²) in [5, 5.41) is 19.1.